The third kappa shape index (κ3) is 2.25. The quantitative estimate of drug-likeness (QED) is 0.868. The molecule has 0 radical (unpaired) electrons. The van der Waals surface area contributed by atoms with E-state index in [0.717, 1.165) is 0 Å². The first-order chi connectivity index (χ1) is 8.49. The molecule has 0 saturated carbocycles. The molecule has 1 N–H and O–H groups in total. The van der Waals surface area contributed by atoms with Crippen LogP contribution >= 0.6 is 0 Å². The molecule has 0 spiro atoms. The molecule has 0 fully saturated rings. The van der Waals surface area contributed by atoms with Gasteiger partial charge in [-0.2, -0.15) is 0 Å². The standard InChI is InChI=1S/C13H12FNO3/c1-15-7-11(13(17)18)10(6-12(15)16)8-2-4-9(14)5-3-8/h2-5,7,10H,6H2,1H3,(H,17,18)/t10-/m0/s1. The molecule has 1 aliphatic heterocycles. The van der Waals surface area contributed by atoms with Gasteiger partial charge in [-0.05, 0) is 17.7 Å². The van der Waals surface area contributed by atoms with Crippen molar-refractivity contribution in [3.05, 3.63) is 47.4 Å². The number of carboxylic acids is 1. The van der Waals surface area contributed by atoms with Gasteiger partial charge in [0.2, 0.25) is 5.91 Å². The fraction of sp³-hybridized carbons (Fsp3) is 0.231. The number of hydrogen-bond donors (Lipinski definition) is 1. The fourth-order valence-corrected chi connectivity index (χ4v) is 2.00. The molecule has 4 nitrogen and oxygen atoms in total. The van der Waals surface area contributed by atoms with Crippen LogP contribution in [-0.2, 0) is 9.59 Å². The van der Waals surface area contributed by atoms with Crippen LogP contribution in [0.25, 0.3) is 0 Å². The second-order valence-electron chi connectivity index (χ2n) is 4.20. The molecule has 0 saturated heterocycles. The van der Waals surface area contributed by atoms with Crippen molar-refractivity contribution in [2.24, 2.45) is 0 Å². The SMILES string of the molecule is CN1C=C(C(=O)O)[C@H](c2ccc(F)cc2)CC1=O. The lowest BCUT2D eigenvalue weighted by atomic mass is 9.86. The number of carbonyl (C=O) groups excluding carboxylic acids is 1. The average Bonchev–Trinajstić information content (AvgIpc) is 2.33. The summed E-state index contributed by atoms with van der Waals surface area (Å²) in [6.45, 7) is 0. The van der Waals surface area contributed by atoms with Crippen molar-refractivity contribution in [2.45, 2.75) is 12.3 Å². The number of amides is 1. The highest BCUT2D eigenvalue weighted by atomic mass is 19.1. The van der Waals surface area contributed by atoms with Crippen LogP contribution in [0.3, 0.4) is 0 Å². The number of aliphatic carboxylic acids is 1. The first-order valence-corrected chi connectivity index (χ1v) is 5.45. The molecular weight excluding hydrogens is 237 g/mol. The lowest BCUT2D eigenvalue weighted by Crippen LogP contribution is -2.31. The van der Waals surface area contributed by atoms with Crippen LogP contribution in [0.1, 0.15) is 17.9 Å². The van der Waals surface area contributed by atoms with E-state index in [1.54, 1.807) is 0 Å². The second-order valence-corrected chi connectivity index (χ2v) is 4.20. The van der Waals surface area contributed by atoms with Crippen LogP contribution in [0.5, 0.6) is 0 Å². The van der Waals surface area contributed by atoms with Crippen LogP contribution in [0, 0.1) is 5.82 Å². The summed E-state index contributed by atoms with van der Waals surface area (Å²) in [7, 11) is 1.52. The molecule has 1 atom stereocenters. The Hall–Kier alpha value is -2.17. The maximum atomic E-state index is 12.8. The summed E-state index contributed by atoms with van der Waals surface area (Å²) in [5.74, 6) is -2.14. The molecule has 1 aliphatic rings. The van der Waals surface area contributed by atoms with E-state index in [1.807, 2.05) is 0 Å². The van der Waals surface area contributed by atoms with E-state index >= 15 is 0 Å². The van der Waals surface area contributed by atoms with Crippen molar-refractivity contribution in [1.29, 1.82) is 0 Å². The molecule has 94 valence electrons. The highest BCUT2D eigenvalue weighted by Gasteiger charge is 2.30. The van der Waals surface area contributed by atoms with E-state index in [-0.39, 0.29) is 23.7 Å². The van der Waals surface area contributed by atoms with Crippen molar-refractivity contribution >= 4 is 11.9 Å². The lowest BCUT2D eigenvalue weighted by molar-refractivity contribution is -0.134. The maximum Gasteiger partial charge on any atom is 0.333 e. The van der Waals surface area contributed by atoms with Crippen LogP contribution < -0.4 is 0 Å². The molecule has 5 heteroatoms. The van der Waals surface area contributed by atoms with Gasteiger partial charge in [-0.3, -0.25) is 4.79 Å². The Kier molecular flexibility index (Phi) is 3.14. The monoisotopic (exact) mass is 249 g/mol. The smallest absolute Gasteiger partial charge is 0.333 e. The van der Waals surface area contributed by atoms with Gasteiger partial charge in [0.05, 0.1) is 5.57 Å². The van der Waals surface area contributed by atoms with E-state index in [4.69, 9.17) is 5.11 Å². The maximum absolute atomic E-state index is 12.8. The Balaban J connectivity index is 2.41. The van der Waals surface area contributed by atoms with Crippen molar-refractivity contribution in [3.63, 3.8) is 0 Å². The van der Waals surface area contributed by atoms with E-state index in [9.17, 15) is 14.0 Å². The van der Waals surface area contributed by atoms with Gasteiger partial charge < -0.3 is 10.0 Å². The first kappa shape index (κ1) is 12.3. The summed E-state index contributed by atoms with van der Waals surface area (Å²) in [6.07, 6.45) is 1.41. The Morgan fingerprint density at radius 1 is 1.39 bits per heavy atom. The zero-order valence-corrected chi connectivity index (χ0v) is 9.76. The van der Waals surface area contributed by atoms with Crippen molar-refractivity contribution in [2.75, 3.05) is 7.05 Å². The number of hydrogen-bond acceptors (Lipinski definition) is 2. The van der Waals surface area contributed by atoms with Crippen LogP contribution in [0.2, 0.25) is 0 Å². The normalized spacial score (nSPS) is 19.7. The third-order valence-electron chi connectivity index (χ3n) is 3.00. The van der Waals surface area contributed by atoms with Gasteiger partial charge in [0.1, 0.15) is 5.82 Å². The zero-order chi connectivity index (χ0) is 13.3. The van der Waals surface area contributed by atoms with Crippen LogP contribution in [0.15, 0.2) is 36.0 Å². The molecule has 18 heavy (non-hydrogen) atoms. The summed E-state index contributed by atoms with van der Waals surface area (Å²) >= 11 is 0. The molecule has 0 bridgehead atoms. The molecular formula is C13H12FNO3. The Morgan fingerprint density at radius 3 is 2.56 bits per heavy atom. The predicted octanol–water partition coefficient (Wildman–Crippen LogP) is 1.74. The largest absolute Gasteiger partial charge is 0.478 e. The minimum atomic E-state index is -1.07. The molecule has 0 unspecified atom stereocenters. The number of carboxylic acid groups (broad SMARTS) is 1. The minimum absolute atomic E-state index is 0.0836. The summed E-state index contributed by atoms with van der Waals surface area (Å²) in [5.41, 5.74) is 0.773. The summed E-state index contributed by atoms with van der Waals surface area (Å²) < 4.78 is 12.8. The summed E-state index contributed by atoms with van der Waals surface area (Å²) in [4.78, 5) is 24.1. The Morgan fingerprint density at radius 2 is 2.00 bits per heavy atom. The average molecular weight is 249 g/mol. The Labute approximate surface area is 103 Å². The second kappa shape index (κ2) is 4.60. The highest BCUT2D eigenvalue weighted by molar-refractivity contribution is 5.93. The number of rotatable bonds is 2. The number of halogens is 1. The fourth-order valence-electron chi connectivity index (χ4n) is 2.00. The molecule has 1 aromatic carbocycles. The molecule has 2 rings (SSSR count). The van der Waals surface area contributed by atoms with Gasteiger partial charge >= 0.3 is 5.97 Å². The van der Waals surface area contributed by atoms with Crippen LogP contribution in [-0.4, -0.2) is 28.9 Å². The third-order valence-corrected chi connectivity index (χ3v) is 3.00. The molecule has 1 aromatic rings. The summed E-state index contributed by atoms with van der Waals surface area (Å²) in [5, 5.41) is 9.15. The molecule has 0 aliphatic carbocycles. The lowest BCUT2D eigenvalue weighted by Gasteiger charge is -2.26. The topological polar surface area (TPSA) is 57.6 Å². The van der Waals surface area contributed by atoms with Crippen LogP contribution in [0.4, 0.5) is 4.39 Å². The van der Waals surface area contributed by atoms with Crippen molar-refractivity contribution in [3.8, 4) is 0 Å². The first-order valence-electron chi connectivity index (χ1n) is 5.45. The zero-order valence-electron chi connectivity index (χ0n) is 9.76. The van der Waals surface area contributed by atoms with Gasteiger partial charge in [-0.25, -0.2) is 9.18 Å². The summed E-state index contributed by atoms with van der Waals surface area (Å²) in [6, 6.07) is 5.54. The number of carbonyl (C=O) groups is 2. The van der Waals surface area contributed by atoms with Gasteiger partial charge in [-0.1, -0.05) is 12.1 Å². The van der Waals surface area contributed by atoms with Crippen molar-refractivity contribution < 1.29 is 19.1 Å². The number of benzene rings is 1. The van der Waals surface area contributed by atoms with Crippen molar-refractivity contribution in [1.82, 2.24) is 4.90 Å². The molecule has 0 aromatic heterocycles. The van der Waals surface area contributed by atoms with E-state index in [0.29, 0.717) is 5.56 Å². The highest BCUT2D eigenvalue weighted by Crippen LogP contribution is 2.32. The van der Waals surface area contributed by atoms with E-state index in [2.05, 4.69) is 0 Å². The minimum Gasteiger partial charge on any atom is -0.478 e. The van der Waals surface area contributed by atoms with Gasteiger partial charge in [-0.15, -0.1) is 0 Å². The van der Waals surface area contributed by atoms with Gasteiger partial charge in [0, 0.05) is 25.6 Å². The van der Waals surface area contributed by atoms with E-state index in [1.165, 1.54) is 42.4 Å². The predicted molar refractivity (Wildman–Crippen MR) is 62.2 cm³/mol. The Bertz CT molecular complexity index is 522. The van der Waals surface area contributed by atoms with Gasteiger partial charge in [0.15, 0.2) is 0 Å². The molecule has 1 amide bonds. The molecule has 1 heterocycles. The van der Waals surface area contributed by atoms with Gasteiger partial charge in [0.25, 0.3) is 0 Å². The number of nitrogens with zero attached hydrogens (tertiary/aromatic N) is 1. The van der Waals surface area contributed by atoms with E-state index < -0.39 is 11.9 Å².